The molecule has 1 atom stereocenters. The number of fused-ring (bicyclic) bond motifs is 1. The van der Waals surface area contributed by atoms with Crippen LogP contribution in [-0.2, 0) is 17.6 Å². The lowest BCUT2D eigenvalue weighted by Crippen LogP contribution is -2.34. The van der Waals surface area contributed by atoms with Gasteiger partial charge in [0.25, 0.3) is 5.56 Å². The lowest BCUT2D eigenvalue weighted by Gasteiger charge is -2.15. The van der Waals surface area contributed by atoms with Gasteiger partial charge in [-0.2, -0.15) is 5.10 Å². The molecule has 1 aliphatic carbocycles. The van der Waals surface area contributed by atoms with Gasteiger partial charge in [-0.05, 0) is 49.9 Å². The van der Waals surface area contributed by atoms with Gasteiger partial charge in [0, 0.05) is 11.8 Å². The Bertz CT molecular complexity index is 847. The standard InChI is InChI=1S/C17H18ClN3O3/c1-10(21-16(22)8-11-4-3-5-14(11)20-21)17(23)19-12-6-7-15(24-2)13(18)9-12/h6-10H,3-5H2,1-2H3,(H,19,23). The third-order valence-electron chi connectivity index (χ3n) is 4.15. The molecule has 6 nitrogen and oxygen atoms in total. The zero-order chi connectivity index (χ0) is 17.3. The Kier molecular flexibility index (Phi) is 4.57. The van der Waals surface area contributed by atoms with Gasteiger partial charge in [0.05, 0.1) is 17.8 Å². The van der Waals surface area contributed by atoms with Crippen molar-refractivity contribution in [3.8, 4) is 5.75 Å². The van der Waals surface area contributed by atoms with Gasteiger partial charge in [-0.1, -0.05) is 11.6 Å². The van der Waals surface area contributed by atoms with E-state index in [1.807, 2.05) is 0 Å². The molecule has 2 aromatic rings. The van der Waals surface area contributed by atoms with E-state index in [9.17, 15) is 9.59 Å². The van der Waals surface area contributed by atoms with Crippen molar-refractivity contribution in [2.45, 2.75) is 32.2 Å². The van der Waals surface area contributed by atoms with Crippen molar-refractivity contribution >= 4 is 23.2 Å². The Morgan fingerprint density at radius 2 is 2.17 bits per heavy atom. The number of rotatable bonds is 4. The van der Waals surface area contributed by atoms with Gasteiger partial charge in [0.2, 0.25) is 5.91 Å². The summed E-state index contributed by atoms with van der Waals surface area (Å²) in [7, 11) is 1.52. The van der Waals surface area contributed by atoms with E-state index in [1.54, 1.807) is 31.2 Å². The maximum absolute atomic E-state index is 12.4. The topological polar surface area (TPSA) is 73.2 Å². The zero-order valence-electron chi connectivity index (χ0n) is 13.5. The Morgan fingerprint density at radius 3 is 2.88 bits per heavy atom. The highest BCUT2D eigenvalue weighted by molar-refractivity contribution is 6.32. The largest absolute Gasteiger partial charge is 0.495 e. The molecule has 24 heavy (non-hydrogen) atoms. The fourth-order valence-electron chi connectivity index (χ4n) is 2.79. The second kappa shape index (κ2) is 6.65. The van der Waals surface area contributed by atoms with Gasteiger partial charge in [-0.3, -0.25) is 9.59 Å². The van der Waals surface area contributed by atoms with Gasteiger partial charge in [-0.15, -0.1) is 0 Å². The number of aryl methyl sites for hydroxylation is 2. The van der Waals surface area contributed by atoms with E-state index in [0.717, 1.165) is 30.5 Å². The summed E-state index contributed by atoms with van der Waals surface area (Å²) in [5.74, 6) is 0.197. The van der Waals surface area contributed by atoms with Crippen molar-refractivity contribution in [2.24, 2.45) is 0 Å². The van der Waals surface area contributed by atoms with Crippen molar-refractivity contribution in [2.75, 3.05) is 12.4 Å². The summed E-state index contributed by atoms with van der Waals surface area (Å²) in [6.07, 6.45) is 2.72. The van der Waals surface area contributed by atoms with E-state index in [1.165, 1.54) is 11.8 Å². The number of carbonyl (C=O) groups is 1. The first-order chi connectivity index (χ1) is 11.5. The van der Waals surface area contributed by atoms with Gasteiger partial charge in [0.15, 0.2) is 0 Å². The lowest BCUT2D eigenvalue weighted by molar-refractivity contribution is -0.119. The predicted molar refractivity (Wildman–Crippen MR) is 91.9 cm³/mol. The number of anilines is 1. The van der Waals surface area contributed by atoms with Crippen LogP contribution in [0.2, 0.25) is 5.02 Å². The Hall–Kier alpha value is -2.34. The molecule has 0 fully saturated rings. The molecule has 1 N–H and O–H groups in total. The van der Waals surface area contributed by atoms with Crippen LogP contribution < -0.4 is 15.6 Å². The molecule has 0 saturated carbocycles. The van der Waals surface area contributed by atoms with Gasteiger partial charge < -0.3 is 10.1 Å². The maximum atomic E-state index is 12.4. The molecule has 1 heterocycles. The molecule has 3 rings (SSSR count). The Morgan fingerprint density at radius 1 is 1.38 bits per heavy atom. The van der Waals surface area contributed by atoms with Crippen LogP contribution in [0.25, 0.3) is 0 Å². The summed E-state index contributed by atoms with van der Waals surface area (Å²) in [5, 5.41) is 7.51. The average molecular weight is 348 g/mol. The van der Waals surface area contributed by atoms with E-state index < -0.39 is 6.04 Å². The second-order valence-electron chi connectivity index (χ2n) is 5.77. The highest BCUT2D eigenvalue weighted by atomic mass is 35.5. The minimum absolute atomic E-state index is 0.258. The highest BCUT2D eigenvalue weighted by Crippen LogP contribution is 2.27. The fourth-order valence-corrected chi connectivity index (χ4v) is 3.05. The summed E-state index contributed by atoms with van der Waals surface area (Å²) < 4.78 is 6.32. The molecule has 1 amide bonds. The number of nitrogens with one attached hydrogen (secondary N) is 1. The maximum Gasteiger partial charge on any atom is 0.267 e. The summed E-state index contributed by atoms with van der Waals surface area (Å²) in [4.78, 5) is 24.6. The summed E-state index contributed by atoms with van der Waals surface area (Å²) in [5.41, 5.74) is 2.17. The van der Waals surface area contributed by atoms with Crippen molar-refractivity contribution < 1.29 is 9.53 Å². The number of carbonyl (C=O) groups excluding carboxylic acids is 1. The van der Waals surface area contributed by atoms with E-state index in [-0.39, 0.29) is 11.5 Å². The molecule has 0 saturated heterocycles. The van der Waals surface area contributed by atoms with Crippen LogP contribution in [-0.4, -0.2) is 22.8 Å². The first-order valence-corrected chi connectivity index (χ1v) is 8.13. The highest BCUT2D eigenvalue weighted by Gasteiger charge is 2.21. The fraction of sp³-hybridized carbons (Fsp3) is 0.353. The number of ether oxygens (including phenoxy) is 1. The smallest absolute Gasteiger partial charge is 0.267 e. The van der Waals surface area contributed by atoms with Crippen molar-refractivity contribution in [1.29, 1.82) is 0 Å². The average Bonchev–Trinajstić information content (AvgIpc) is 3.00. The number of benzene rings is 1. The van der Waals surface area contributed by atoms with E-state index in [0.29, 0.717) is 16.5 Å². The van der Waals surface area contributed by atoms with Gasteiger partial charge in [-0.25, -0.2) is 4.68 Å². The first-order valence-electron chi connectivity index (χ1n) is 7.75. The monoisotopic (exact) mass is 347 g/mol. The van der Waals surface area contributed by atoms with E-state index >= 15 is 0 Å². The molecule has 1 aromatic heterocycles. The normalized spacial score (nSPS) is 14.1. The summed E-state index contributed by atoms with van der Waals surface area (Å²) in [6.45, 7) is 1.65. The Balaban J connectivity index is 1.80. The number of halogens is 1. The predicted octanol–water partition coefficient (Wildman–Crippen LogP) is 2.59. The molecule has 1 aliphatic rings. The number of nitrogens with zero attached hydrogens (tertiary/aromatic N) is 2. The number of hydrogen-bond donors (Lipinski definition) is 1. The van der Waals surface area contributed by atoms with Crippen molar-refractivity contribution in [3.05, 3.63) is 50.9 Å². The summed E-state index contributed by atoms with van der Waals surface area (Å²) in [6, 6.07) is 5.83. The molecule has 126 valence electrons. The third-order valence-corrected chi connectivity index (χ3v) is 4.44. The number of amides is 1. The summed E-state index contributed by atoms with van der Waals surface area (Å²) >= 11 is 6.05. The van der Waals surface area contributed by atoms with Crippen LogP contribution >= 0.6 is 11.6 Å². The molecular formula is C17H18ClN3O3. The molecular weight excluding hydrogens is 330 g/mol. The van der Waals surface area contributed by atoms with Gasteiger partial charge >= 0.3 is 0 Å². The zero-order valence-corrected chi connectivity index (χ0v) is 14.3. The Labute approximate surface area is 144 Å². The SMILES string of the molecule is COc1ccc(NC(=O)C(C)n2nc3c(cc2=O)CCC3)cc1Cl. The minimum Gasteiger partial charge on any atom is -0.495 e. The quantitative estimate of drug-likeness (QED) is 0.922. The number of methoxy groups -OCH3 is 1. The molecule has 0 aliphatic heterocycles. The second-order valence-corrected chi connectivity index (χ2v) is 6.17. The molecule has 0 bridgehead atoms. The molecule has 7 heteroatoms. The van der Waals surface area contributed by atoms with Crippen LogP contribution in [0.4, 0.5) is 5.69 Å². The van der Waals surface area contributed by atoms with Crippen LogP contribution in [0.1, 0.15) is 30.6 Å². The number of hydrogen-bond acceptors (Lipinski definition) is 4. The third kappa shape index (κ3) is 3.14. The van der Waals surface area contributed by atoms with Crippen molar-refractivity contribution in [1.82, 2.24) is 9.78 Å². The van der Waals surface area contributed by atoms with E-state index in [2.05, 4.69) is 10.4 Å². The van der Waals surface area contributed by atoms with Crippen LogP contribution in [0.5, 0.6) is 5.75 Å². The van der Waals surface area contributed by atoms with Gasteiger partial charge in [0.1, 0.15) is 11.8 Å². The van der Waals surface area contributed by atoms with Crippen LogP contribution in [0.3, 0.4) is 0 Å². The van der Waals surface area contributed by atoms with E-state index in [4.69, 9.17) is 16.3 Å². The van der Waals surface area contributed by atoms with Crippen LogP contribution in [0.15, 0.2) is 29.1 Å². The lowest BCUT2D eigenvalue weighted by atomic mass is 10.2. The first kappa shape index (κ1) is 16.5. The minimum atomic E-state index is -0.718. The number of aromatic nitrogens is 2. The molecule has 1 aromatic carbocycles. The van der Waals surface area contributed by atoms with Crippen LogP contribution in [0, 0.1) is 0 Å². The molecule has 0 radical (unpaired) electrons. The van der Waals surface area contributed by atoms with Crippen molar-refractivity contribution in [3.63, 3.8) is 0 Å². The molecule has 0 spiro atoms. The molecule has 1 unspecified atom stereocenters.